The van der Waals surface area contributed by atoms with Crippen LogP contribution in [0.15, 0.2) is 12.3 Å². The van der Waals surface area contributed by atoms with Crippen molar-refractivity contribution >= 4 is 0 Å². The van der Waals surface area contributed by atoms with E-state index in [0.29, 0.717) is 0 Å². The molecule has 2 rings (SSSR count). The summed E-state index contributed by atoms with van der Waals surface area (Å²) in [6.07, 6.45) is 4.86. The van der Waals surface area contributed by atoms with Gasteiger partial charge in [-0.2, -0.15) is 5.10 Å². The first-order chi connectivity index (χ1) is 5.77. The third-order valence-electron chi connectivity index (χ3n) is 2.53. The van der Waals surface area contributed by atoms with Gasteiger partial charge in [0, 0.05) is 6.20 Å². The predicted molar refractivity (Wildman–Crippen MR) is 45.9 cm³/mol. The molecule has 1 N–H and O–H groups in total. The van der Waals surface area contributed by atoms with Crippen LogP contribution in [0.4, 0.5) is 0 Å². The number of rotatable bonds is 1. The molecule has 0 bridgehead atoms. The summed E-state index contributed by atoms with van der Waals surface area (Å²) in [6.45, 7) is 1.97. The second-order valence-corrected chi connectivity index (χ2v) is 3.50. The molecule has 1 fully saturated rings. The maximum Gasteiger partial charge on any atom is 0.0778 e. The lowest BCUT2D eigenvalue weighted by Gasteiger charge is -2.14. The first-order valence-corrected chi connectivity index (χ1v) is 4.47. The van der Waals surface area contributed by atoms with Crippen LogP contribution in [0.25, 0.3) is 0 Å². The molecule has 0 spiro atoms. The van der Waals surface area contributed by atoms with Gasteiger partial charge in [0.2, 0.25) is 0 Å². The SMILES string of the molecule is Cc1ccn(C2CCCC2O)n1. The summed E-state index contributed by atoms with van der Waals surface area (Å²) < 4.78 is 1.90. The molecule has 2 unspecified atom stereocenters. The normalized spacial score (nSPS) is 29.5. The fraction of sp³-hybridized carbons (Fsp3) is 0.667. The second kappa shape index (κ2) is 2.90. The lowest BCUT2D eigenvalue weighted by atomic mass is 10.2. The van der Waals surface area contributed by atoms with Crippen LogP contribution in [-0.2, 0) is 0 Å². The lowest BCUT2D eigenvalue weighted by Crippen LogP contribution is -2.18. The Morgan fingerprint density at radius 3 is 2.92 bits per heavy atom. The highest BCUT2D eigenvalue weighted by atomic mass is 16.3. The van der Waals surface area contributed by atoms with Crippen molar-refractivity contribution < 1.29 is 5.11 Å². The van der Waals surface area contributed by atoms with Crippen molar-refractivity contribution in [1.82, 2.24) is 9.78 Å². The molecule has 1 saturated carbocycles. The Labute approximate surface area is 72.0 Å². The van der Waals surface area contributed by atoms with Gasteiger partial charge in [-0.15, -0.1) is 0 Å². The summed E-state index contributed by atoms with van der Waals surface area (Å²) in [4.78, 5) is 0. The smallest absolute Gasteiger partial charge is 0.0778 e. The van der Waals surface area contributed by atoms with Crippen LogP contribution in [0.2, 0.25) is 0 Å². The molecule has 12 heavy (non-hydrogen) atoms. The molecular weight excluding hydrogens is 152 g/mol. The third kappa shape index (κ3) is 1.25. The van der Waals surface area contributed by atoms with E-state index >= 15 is 0 Å². The maximum atomic E-state index is 9.59. The van der Waals surface area contributed by atoms with Crippen LogP contribution in [0.3, 0.4) is 0 Å². The Kier molecular flexibility index (Phi) is 1.89. The van der Waals surface area contributed by atoms with Gasteiger partial charge in [0.25, 0.3) is 0 Å². The molecule has 3 nitrogen and oxygen atoms in total. The number of nitrogens with zero attached hydrogens (tertiary/aromatic N) is 2. The van der Waals surface area contributed by atoms with Crippen LogP contribution < -0.4 is 0 Å². The molecule has 3 heteroatoms. The first kappa shape index (κ1) is 7.80. The Morgan fingerprint density at radius 1 is 1.58 bits per heavy atom. The van der Waals surface area contributed by atoms with Crippen molar-refractivity contribution in [2.75, 3.05) is 0 Å². The number of hydrogen-bond donors (Lipinski definition) is 1. The molecule has 1 aromatic rings. The summed E-state index contributed by atoms with van der Waals surface area (Å²) in [5, 5.41) is 13.9. The van der Waals surface area contributed by atoms with E-state index in [9.17, 15) is 5.11 Å². The highest BCUT2D eigenvalue weighted by molar-refractivity contribution is 4.97. The van der Waals surface area contributed by atoms with E-state index in [4.69, 9.17) is 0 Å². The zero-order chi connectivity index (χ0) is 8.55. The van der Waals surface area contributed by atoms with Crippen LogP contribution in [0, 0.1) is 6.92 Å². The van der Waals surface area contributed by atoms with E-state index in [2.05, 4.69) is 5.10 Å². The topological polar surface area (TPSA) is 38.0 Å². The Balaban J connectivity index is 2.19. The molecular formula is C9H14N2O. The molecule has 0 radical (unpaired) electrons. The van der Waals surface area contributed by atoms with Gasteiger partial charge in [-0.05, 0) is 32.3 Å². The summed E-state index contributed by atoms with van der Waals surface area (Å²) in [5.41, 5.74) is 1.02. The highest BCUT2D eigenvalue weighted by Gasteiger charge is 2.26. The van der Waals surface area contributed by atoms with Crippen molar-refractivity contribution in [3.8, 4) is 0 Å². The molecule has 0 aromatic carbocycles. The van der Waals surface area contributed by atoms with E-state index in [0.717, 1.165) is 25.0 Å². The van der Waals surface area contributed by atoms with Gasteiger partial charge in [0.05, 0.1) is 17.8 Å². The van der Waals surface area contributed by atoms with E-state index in [1.807, 2.05) is 23.9 Å². The number of aliphatic hydroxyl groups is 1. The molecule has 1 aromatic heterocycles. The monoisotopic (exact) mass is 166 g/mol. The van der Waals surface area contributed by atoms with E-state index in [1.165, 1.54) is 0 Å². The first-order valence-electron chi connectivity index (χ1n) is 4.47. The van der Waals surface area contributed by atoms with Gasteiger partial charge >= 0.3 is 0 Å². The average molecular weight is 166 g/mol. The van der Waals surface area contributed by atoms with Crippen LogP contribution in [0.5, 0.6) is 0 Å². The van der Waals surface area contributed by atoms with Gasteiger partial charge in [0.1, 0.15) is 0 Å². The lowest BCUT2D eigenvalue weighted by molar-refractivity contribution is 0.130. The quantitative estimate of drug-likeness (QED) is 0.682. The van der Waals surface area contributed by atoms with Gasteiger partial charge in [-0.25, -0.2) is 0 Å². The van der Waals surface area contributed by atoms with E-state index < -0.39 is 0 Å². The van der Waals surface area contributed by atoms with Crippen LogP contribution in [-0.4, -0.2) is 21.0 Å². The van der Waals surface area contributed by atoms with Gasteiger partial charge in [-0.3, -0.25) is 4.68 Å². The standard InChI is InChI=1S/C9H14N2O/c1-7-5-6-11(10-7)8-3-2-4-9(8)12/h5-6,8-9,12H,2-4H2,1H3. The molecule has 2 atom stereocenters. The van der Waals surface area contributed by atoms with Gasteiger partial charge in [0.15, 0.2) is 0 Å². The maximum absolute atomic E-state index is 9.59. The minimum Gasteiger partial charge on any atom is -0.391 e. The minimum absolute atomic E-state index is 0.190. The zero-order valence-corrected chi connectivity index (χ0v) is 7.27. The highest BCUT2D eigenvalue weighted by Crippen LogP contribution is 2.29. The molecule has 66 valence electrons. The summed E-state index contributed by atoms with van der Waals surface area (Å²) >= 11 is 0. The molecule has 1 aliphatic carbocycles. The molecule has 1 aliphatic rings. The van der Waals surface area contributed by atoms with Crippen LogP contribution >= 0.6 is 0 Å². The average Bonchev–Trinajstić information content (AvgIpc) is 2.58. The Morgan fingerprint density at radius 2 is 2.42 bits per heavy atom. The van der Waals surface area contributed by atoms with Crippen molar-refractivity contribution in [3.05, 3.63) is 18.0 Å². The summed E-state index contributed by atoms with van der Waals surface area (Å²) in [5.74, 6) is 0. The molecule has 1 heterocycles. The molecule has 0 amide bonds. The fourth-order valence-electron chi connectivity index (χ4n) is 1.85. The fourth-order valence-corrected chi connectivity index (χ4v) is 1.85. The van der Waals surface area contributed by atoms with Crippen molar-refractivity contribution in [1.29, 1.82) is 0 Å². The van der Waals surface area contributed by atoms with E-state index in [-0.39, 0.29) is 12.1 Å². The van der Waals surface area contributed by atoms with Gasteiger partial charge < -0.3 is 5.11 Å². The van der Waals surface area contributed by atoms with Crippen molar-refractivity contribution in [3.63, 3.8) is 0 Å². The number of aromatic nitrogens is 2. The van der Waals surface area contributed by atoms with Crippen molar-refractivity contribution in [2.24, 2.45) is 0 Å². The number of hydrogen-bond acceptors (Lipinski definition) is 2. The number of aryl methyl sites for hydroxylation is 1. The minimum atomic E-state index is -0.190. The zero-order valence-electron chi connectivity index (χ0n) is 7.27. The summed E-state index contributed by atoms with van der Waals surface area (Å²) in [7, 11) is 0. The largest absolute Gasteiger partial charge is 0.391 e. The Bertz CT molecular complexity index is 269. The predicted octanol–water partition coefficient (Wildman–Crippen LogP) is 1.28. The molecule has 0 aliphatic heterocycles. The summed E-state index contributed by atoms with van der Waals surface area (Å²) in [6, 6.07) is 2.20. The van der Waals surface area contributed by atoms with Gasteiger partial charge in [-0.1, -0.05) is 0 Å². The van der Waals surface area contributed by atoms with Crippen molar-refractivity contribution in [2.45, 2.75) is 38.3 Å². The number of aliphatic hydroxyl groups excluding tert-OH is 1. The second-order valence-electron chi connectivity index (χ2n) is 3.50. The Hall–Kier alpha value is -0.830. The van der Waals surface area contributed by atoms with Crippen LogP contribution in [0.1, 0.15) is 31.0 Å². The molecule has 0 saturated heterocycles. The third-order valence-corrected chi connectivity index (χ3v) is 2.53. The van der Waals surface area contributed by atoms with E-state index in [1.54, 1.807) is 0 Å².